The number of halogens is 1. The molecule has 1 aliphatic carbocycles. The highest BCUT2D eigenvalue weighted by atomic mass is 127. The summed E-state index contributed by atoms with van der Waals surface area (Å²) >= 11 is 2.39. The maximum absolute atomic E-state index is 12.0. The fourth-order valence-corrected chi connectivity index (χ4v) is 2.95. The summed E-state index contributed by atoms with van der Waals surface area (Å²) in [5.41, 5.74) is 3.62. The van der Waals surface area contributed by atoms with Crippen molar-refractivity contribution in [2.45, 2.75) is 38.5 Å². The summed E-state index contributed by atoms with van der Waals surface area (Å²) in [6.45, 7) is 0.798. The summed E-state index contributed by atoms with van der Waals surface area (Å²) in [5, 5.41) is 3.01. The first-order valence-corrected chi connectivity index (χ1v) is 8.30. The highest BCUT2D eigenvalue weighted by Gasteiger charge is 2.13. The number of alkyl halides is 1. The van der Waals surface area contributed by atoms with Gasteiger partial charge in [0.05, 0.1) is 0 Å². The van der Waals surface area contributed by atoms with Crippen LogP contribution in [0.3, 0.4) is 0 Å². The van der Waals surface area contributed by atoms with Crippen molar-refractivity contribution in [2.24, 2.45) is 0 Å². The number of hydrogen-bond donors (Lipinski definition) is 1. The van der Waals surface area contributed by atoms with Crippen LogP contribution in [-0.2, 0) is 12.8 Å². The molecule has 0 aromatic heterocycles. The third kappa shape index (κ3) is 3.70. The molecule has 18 heavy (non-hydrogen) atoms. The quantitative estimate of drug-likeness (QED) is 0.471. The highest BCUT2D eigenvalue weighted by Crippen LogP contribution is 2.22. The van der Waals surface area contributed by atoms with Crippen LogP contribution in [0.5, 0.6) is 0 Å². The number of fused-ring (bicyclic) bond motifs is 1. The summed E-state index contributed by atoms with van der Waals surface area (Å²) in [5.74, 6) is 0.0826. The second-order valence-electron chi connectivity index (χ2n) is 4.84. The van der Waals surface area contributed by atoms with Crippen LogP contribution in [0, 0.1) is 0 Å². The Kier molecular flexibility index (Phi) is 5.47. The van der Waals surface area contributed by atoms with E-state index in [0.717, 1.165) is 24.9 Å². The number of carbonyl (C=O) groups excluding carboxylic acids is 1. The Hall–Kier alpha value is -0.580. The first-order valence-electron chi connectivity index (χ1n) is 6.77. The number of amides is 1. The molecule has 0 bridgehead atoms. The lowest BCUT2D eigenvalue weighted by atomic mass is 10.1. The van der Waals surface area contributed by atoms with Crippen LogP contribution in [0.4, 0.5) is 0 Å². The van der Waals surface area contributed by atoms with Gasteiger partial charge in [-0.25, -0.2) is 0 Å². The van der Waals surface area contributed by atoms with Crippen LogP contribution in [0.15, 0.2) is 18.2 Å². The minimum Gasteiger partial charge on any atom is -0.352 e. The molecule has 0 saturated heterocycles. The maximum atomic E-state index is 12.0. The molecule has 0 spiro atoms. The lowest BCUT2D eigenvalue weighted by molar-refractivity contribution is 0.0953. The van der Waals surface area contributed by atoms with E-state index in [4.69, 9.17) is 0 Å². The van der Waals surface area contributed by atoms with E-state index >= 15 is 0 Å². The molecule has 1 amide bonds. The average Bonchev–Trinajstić information content (AvgIpc) is 2.85. The van der Waals surface area contributed by atoms with E-state index in [-0.39, 0.29) is 5.91 Å². The van der Waals surface area contributed by atoms with Crippen molar-refractivity contribution < 1.29 is 4.79 Å². The second-order valence-corrected chi connectivity index (χ2v) is 5.92. The first kappa shape index (κ1) is 13.8. The molecule has 1 aliphatic rings. The van der Waals surface area contributed by atoms with E-state index in [0.29, 0.717) is 0 Å². The van der Waals surface area contributed by atoms with Crippen LogP contribution in [0.25, 0.3) is 0 Å². The topological polar surface area (TPSA) is 29.1 Å². The first-order chi connectivity index (χ1) is 8.81. The molecular formula is C15H20INO. The van der Waals surface area contributed by atoms with Crippen molar-refractivity contribution in [1.29, 1.82) is 0 Å². The van der Waals surface area contributed by atoms with Crippen molar-refractivity contribution in [3.8, 4) is 0 Å². The fourth-order valence-electron chi connectivity index (χ4n) is 2.41. The lowest BCUT2D eigenvalue weighted by Gasteiger charge is -2.06. The van der Waals surface area contributed by atoms with Gasteiger partial charge in [0, 0.05) is 12.1 Å². The smallest absolute Gasteiger partial charge is 0.251 e. The monoisotopic (exact) mass is 357 g/mol. The summed E-state index contributed by atoms with van der Waals surface area (Å²) in [4.78, 5) is 12.0. The molecule has 0 aliphatic heterocycles. The van der Waals surface area contributed by atoms with E-state index in [2.05, 4.69) is 40.0 Å². The summed E-state index contributed by atoms with van der Waals surface area (Å²) in [6.07, 6.45) is 7.07. The molecule has 0 heterocycles. The number of carbonyl (C=O) groups is 1. The Balaban J connectivity index is 1.82. The summed E-state index contributed by atoms with van der Waals surface area (Å²) < 4.78 is 1.20. The van der Waals surface area contributed by atoms with Gasteiger partial charge in [0.1, 0.15) is 0 Å². The zero-order chi connectivity index (χ0) is 12.8. The van der Waals surface area contributed by atoms with Crippen molar-refractivity contribution >= 4 is 28.5 Å². The Morgan fingerprint density at radius 3 is 2.83 bits per heavy atom. The molecule has 0 fully saturated rings. The molecule has 1 N–H and O–H groups in total. The molecule has 98 valence electrons. The van der Waals surface area contributed by atoms with E-state index < -0.39 is 0 Å². The molecule has 0 saturated carbocycles. The molecular weight excluding hydrogens is 337 g/mol. The van der Waals surface area contributed by atoms with Crippen molar-refractivity contribution in [1.82, 2.24) is 5.32 Å². The third-order valence-corrected chi connectivity index (χ3v) is 4.22. The number of nitrogens with one attached hydrogen (secondary N) is 1. The predicted molar refractivity (Wildman–Crippen MR) is 83.5 cm³/mol. The molecule has 1 aromatic rings. The SMILES string of the molecule is O=C(NCCCCCI)c1ccc2c(c1)CCC2. The number of benzene rings is 1. The Bertz CT molecular complexity index is 417. The van der Waals surface area contributed by atoms with Gasteiger partial charge in [-0.3, -0.25) is 4.79 Å². The predicted octanol–water partition coefficient (Wildman–Crippen LogP) is 3.51. The fraction of sp³-hybridized carbons (Fsp3) is 0.533. The third-order valence-electron chi connectivity index (χ3n) is 3.46. The number of unbranched alkanes of at least 4 members (excludes halogenated alkanes) is 2. The summed E-state index contributed by atoms with van der Waals surface area (Å²) in [6, 6.07) is 6.15. The van der Waals surface area contributed by atoms with Crippen LogP contribution in [0.1, 0.15) is 47.2 Å². The van der Waals surface area contributed by atoms with Gasteiger partial charge in [-0.1, -0.05) is 35.1 Å². The second kappa shape index (κ2) is 7.12. The van der Waals surface area contributed by atoms with E-state index in [1.165, 1.54) is 41.2 Å². The number of aryl methyl sites for hydroxylation is 2. The average molecular weight is 357 g/mol. The van der Waals surface area contributed by atoms with Crippen molar-refractivity contribution in [3.63, 3.8) is 0 Å². The van der Waals surface area contributed by atoms with Crippen LogP contribution in [-0.4, -0.2) is 16.9 Å². The normalized spacial score (nSPS) is 13.4. The van der Waals surface area contributed by atoms with Crippen molar-refractivity contribution in [2.75, 3.05) is 11.0 Å². The van der Waals surface area contributed by atoms with Gasteiger partial charge >= 0.3 is 0 Å². The Morgan fingerprint density at radius 2 is 2.00 bits per heavy atom. The molecule has 0 atom stereocenters. The highest BCUT2D eigenvalue weighted by molar-refractivity contribution is 14.1. The number of rotatable bonds is 6. The lowest BCUT2D eigenvalue weighted by Crippen LogP contribution is -2.24. The van der Waals surface area contributed by atoms with Crippen LogP contribution < -0.4 is 5.32 Å². The van der Waals surface area contributed by atoms with Gasteiger partial charge in [0.15, 0.2) is 0 Å². The minimum atomic E-state index is 0.0826. The Labute approximate surface area is 123 Å². The zero-order valence-electron chi connectivity index (χ0n) is 10.7. The molecule has 3 heteroatoms. The molecule has 1 aromatic carbocycles. The van der Waals surface area contributed by atoms with Gasteiger partial charge < -0.3 is 5.32 Å². The zero-order valence-corrected chi connectivity index (χ0v) is 12.8. The van der Waals surface area contributed by atoms with Gasteiger partial charge in [-0.2, -0.15) is 0 Å². The maximum Gasteiger partial charge on any atom is 0.251 e. The molecule has 0 unspecified atom stereocenters. The Morgan fingerprint density at radius 1 is 1.17 bits per heavy atom. The van der Waals surface area contributed by atoms with Gasteiger partial charge in [-0.15, -0.1) is 0 Å². The molecule has 2 nitrogen and oxygen atoms in total. The standard InChI is InChI=1S/C15H20INO/c16-9-2-1-3-10-17-15(18)14-8-7-12-5-4-6-13(12)11-14/h7-8,11H,1-6,9-10H2,(H,17,18). The summed E-state index contributed by atoms with van der Waals surface area (Å²) in [7, 11) is 0. The van der Waals surface area contributed by atoms with Crippen molar-refractivity contribution in [3.05, 3.63) is 34.9 Å². The van der Waals surface area contributed by atoms with Gasteiger partial charge in [-0.05, 0) is 59.8 Å². The molecule has 2 rings (SSSR count). The minimum absolute atomic E-state index is 0.0826. The van der Waals surface area contributed by atoms with E-state index in [1.54, 1.807) is 0 Å². The van der Waals surface area contributed by atoms with Crippen LogP contribution in [0.2, 0.25) is 0 Å². The largest absolute Gasteiger partial charge is 0.352 e. The van der Waals surface area contributed by atoms with Crippen LogP contribution >= 0.6 is 22.6 Å². The number of hydrogen-bond acceptors (Lipinski definition) is 1. The van der Waals surface area contributed by atoms with Gasteiger partial charge in [0.2, 0.25) is 0 Å². The van der Waals surface area contributed by atoms with E-state index in [9.17, 15) is 4.79 Å². The van der Waals surface area contributed by atoms with E-state index in [1.807, 2.05) is 6.07 Å². The van der Waals surface area contributed by atoms with Gasteiger partial charge in [0.25, 0.3) is 5.91 Å². The molecule has 0 radical (unpaired) electrons.